The van der Waals surface area contributed by atoms with Gasteiger partial charge in [-0.1, -0.05) is 30.3 Å². The molecule has 146 valence electrons. The molecule has 27 heavy (non-hydrogen) atoms. The molecule has 0 saturated heterocycles. The van der Waals surface area contributed by atoms with E-state index in [9.17, 15) is 17.6 Å². The molecule has 0 saturated carbocycles. The lowest BCUT2D eigenvalue weighted by atomic mass is 10.2. The second-order valence-corrected chi connectivity index (χ2v) is 8.09. The Morgan fingerprint density at radius 3 is 2.30 bits per heavy atom. The molecule has 0 aliphatic rings. The van der Waals surface area contributed by atoms with Crippen LogP contribution >= 0.6 is 0 Å². The zero-order valence-corrected chi connectivity index (χ0v) is 16.4. The molecule has 0 aromatic heterocycles. The summed E-state index contributed by atoms with van der Waals surface area (Å²) in [7, 11) is -1.95. The fourth-order valence-corrected chi connectivity index (χ4v) is 3.89. The maximum Gasteiger partial charge on any atom is 0.243 e. The first-order valence-corrected chi connectivity index (χ1v) is 10.3. The number of hydrogen-bond acceptors (Lipinski definition) is 4. The molecule has 0 radical (unpaired) electrons. The van der Waals surface area contributed by atoms with Crippen LogP contribution < -0.4 is 14.5 Å². The van der Waals surface area contributed by atoms with Crippen molar-refractivity contribution >= 4 is 27.3 Å². The molecule has 8 heteroatoms. The van der Waals surface area contributed by atoms with Gasteiger partial charge >= 0.3 is 0 Å². The molecule has 2 aromatic rings. The van der Waals surface area contributed by atoms with Gasteiger partial charge in [-0.05, 0) is 31.2 Å². The Kier molecular flexibility index (Phi) is 6.79. The third-order valence-electron chi connectivity index (χ3n) is 4.12. The van der Waals surface area contributed by atoms with Gasteiger partial charge in [-0.15, -0.1) is 0 Å². The van der Waals surface area contributed by atoms with Crippen LogP contribution in [0.15, 0.2) is 54.6 Å². The van der Waals surface area contributed by atoms with Crippen molar-refractivity contribution in [2.45, 2.75) is 13.0 Å². The first kappa shape index (κ1) is 20.7. The van der Waals surface area contributed by atoms with E-state index in [1.807, 2.05) is 42.3 Å². The average Bonchev–Trinajstić information content (AvgIpc) is 2.63. The Hall–Kier alpha value is -2.61. The van der Waals surface area contributed by atoms with Crippen LogP contribution in [0.3, 0.4) is 0 Å². The minimum atomic E-state index is -3.85. The molecule has 0 fully saturated rings. The van der Waals surface area contributed by atoms with Gasteiger partial charge in [0.25, 0.3) is 0 Å². The van der Waals surface area contributed by atoms with E-state index >= 15 is 0 Å². The van der Waals surface area contributed by atoms with Gasteiger partial charge in [0, 0.05) is 25.8 Å². The SMILES string of the molecule is C[C@H](C(=O)NCCN(C)c1ccccc1)N(c1ccccc1F)S(C)(=O)=O. The normalized spacial score (nSPS) is 12.3. The molecule has 0 spiro atoms. The summed E-state index contributed by atoms with van der Waals surface area (Å²) in [5, 5.41) is 2.72. The predicted molar refractivity (Wildman–Crippen MR) is 106 cm³/mol. The number of anilines is 2. The molecule has 0 heterocycles. The van der Waals surface area contributed by atoms with Crippen molar-refractivity contribution in [3.05, 3.63) is 60.4 Å². The van der Waals surface area contributed by atoms with Gasteiger partial charge in [-0.2, -0.15) is 0 Å². The molecule has 0 aliphatic carbocycles. The first-order chi connectivity index (χ1) is 12.7. The van der Waals surface area contributed by atoms with E-state index in [1.54, 1.807) is 0 Å². The Balaban J connectivity index is 2.04. The van der Waals surface area contributed by atoms with E-state index in [2.05, 4.69) is 5.32 Å². The van der Waals surface area contributed by atoms with Crippen molar-refractivity contribution < 1.29 is 17.6 Å². The first-order valence-electron chi connectivity index (χ1n) is 8.49. The number of nitrogens with one attached hydrogen (secondary N) is 1. The van der Waals surface area contributed by atoms with E-state index in [4.69, 9.17) is 0 Å². The monoisotopic (exact) mass is 393 g/mol. The second kappa shape index (κ2) is 8.85. The summed E-state index contributed by atoms with van der Waals surface area (Å²) < 4.78 is 39.2. The number of rotatable bonds is 8. The van der Waals surface area contributed by atoms with E-state index < -0.39 is 27.8 Å². The maximum absolute atomic E-state index is 14.1. The fourth-order valence-electron chi connectivity index (χ4n) is 2.72. The van der Waals surface area contributed by atoms with Gasteiger partial charge in [0.05, 0.1) is 11.9 Å². The zero-order chi connectivity index (χ0) is 20.0. The van der Waals surface area contributed by atoms with Crippen molar-refractivity contribution in [1.29, 1.82) is 0 Å². The third kappa shape index (κ3) is 5.43. The quantitative estimate of drug-likeness (QED) is 0.747. The lowest BCUT2D eigenvalue weighted by Crippen LogP contribution is -2.49. The summed E-state index contributed by atoms with van der Waals surface area (Å²) in [6, 6.07) is 14.1. The van der Waals surface area contributed by atoms with Crippen molar-refractivity contribution in [2.75, 3.05) is 35.6 Å². The van der Waals surface area contributed by atoms with Crippen LogP contribution in [0.2, 0.25) is 0 Å². The molecule has 0 aliphatic heterocycles. The molecule has 2 rings (SSSR count). The number of amides is 1. The Labute approximate surface area is 159 Å². The second-order valence-electron chi connectivity index (χ2n) is 6.23. The molecular formula is C19H24FN3O3S. The summed E-state index contributed by atoms with van der Waals surface area (Å²) in [4.78, 5) is 14.4. The summed E-state index contributed by atoms with van der Waals surface area (Å²) >= 11 is 0. The number of likely N-dealkylation sites (N-methyl/N-ethyl adjacent to an activating group) is 1. The topological polar surface area (TPSA) is 69.7 Å². The van der Waals surface area contributed by atoms with Gasteiger partial charge in [0.15, 0.2) is 0 Å². The maximum atomic E-state index is 14.1. The number of halogens is 1. The van der Waals surface area contributed by atoms with Gasteiger partial charge in [0.2, 0.25) is 15.9 Å². The number of hydrogen-bond donors (Lipinski definition) is 1. The number of nitrogens with zero attached hydrogens (tertiary/aromatic N) is 2. The van der Waals surface area contributed by atoms with Gasteiger partial charge < -0.3 is 10.2 Å². The van der Waals surface area contributed by atoms with Crippen LogP contribution in [-0.2, 0) is 14.8 Å². The Bertz CT molecular complexity index is 875. The predicted octanol–water partition coefficient (Wildman–Crippen LogP) is 2.23. The molecule has 1 amide bonds. The van der Waals surface area contributed by atoms with Crippen molar-refractivity contribution in [1.82, 2.24) is 5.32 Å². The Morgan fingerprint density at radius 2 is 1.70 bits per heavy atom. The lowest BCUT2D eigenvalue weighted by Gasteiger charge is -2.28. The highest BCUT2D eigenvalue weighted by Crippen LogP contribution is 2.24. The standard InChI is InChI=1S/C19H24FN3O3S/c1-15(23(27(3,25)26)18-12-8-7-11-17(18)20)19(24)21-13-14-22(2)16-9-5-4-6-10-16/h4-12,15H,13-14H2,1-3H3,(H,21,24)/t15-/m1/s1. The number of para-hydroxylation sites is 2. The number of benzene rings is 2. The van der Waals surface area contributed by atoms with E-state index in [0.717, 1.165) is 22.3 Å². The van der Waals surface area contributed by atoms with Crippen LogP contribution in [0, 0.1) is 5.82 Å². The minimum Gasteiger partial charge on any atom is -0.373 e. The van der Waals surface area contributed by atoms with E-state index in [0.29, 0.717) is 13.1 Å². The average molecular weight is 393 g/mol. The Morgan fingerprint density at radius 1 is 1.11 bits per heavy atom. The molecular weight excluding hydrogens is 369 g/mol. The molecule has 0 bridgehead atoms. The fraction of sp³-hybridized carbons (Fsp3) is 0.316. The molecule has 1 N–H and O–H groups in total. The van der Waals surface area contributed by atoms with Crippen LogP contribution in [-0.4, -0.2) is 46.8 Å². The van der Waals surface area contributed by atoms with Gasteiger partial charge in [0.1, 0.15) is 11.9 Å². The molecule has 6 nitrogen and oxygen atoms in total. The van der Waals surface area contributed by atoms with Crippen molar-refractivity contribution in [2.24, 2.45) is 0 Å². The summed E-state index contributed by atoms with van der Waals surface area (Å²) in [6.07, 6.45) is 0.951. The summed E-state index contributed by atoms with van der Waals surface area (Å²) in [6.45, 7) is 2.30. The highest BCUT2D eigenvalue weighted by Gasteiger charge is 2.30. The van der Waals surface area contributed by atoms with Crippen LogP contribution in [0.4, 0.5) is 15.8 Å². The van der Waals surface area contributed by atoms with Crippen molar-refractivity contribution in [3.8, 4) is 0 Å². The zero-order valence-electron chi connectivity index (χ0n) is 15.6. The lowest BCUT2D eigenvalue weighted by molar-refractivity contribution is -0.121. The number of sulfonamides is 1. The highest BCUT2D eigenvalue weighted by molar-refractivity contribution is 7.92. The summed E-state index contributed by atoms with van der Waals surface area (Å²) in [5.74, 6) is -1.20. The highest BCUT2D eigenvalue weighted by atomic mass is 32.2. The number of carbonyl (C=O) groups is 1. The van der Waals surface area contributed by atoms with Crippen LogP contribution in [0.5, 0.6) is 0 Å². The van der Waals surface area contributed by atoms with Gasteiger partial charge in [-0.3, -0.25) is 9.10 Å². The van der Waals surface area contributed by atoms with E-state index in [-0.39, 0.29) is 5.69 Å². The smallest absolute Gasteiger partial charge is 0.243 e. The minimum absolute atomic E-state index is 0.149. The number of carbonyl (C=O) groups excluding carboxylic acids is 1. The third-order valence-corrected chi connectivity index (χ3v) is 5.35. The van der Waals surface area contributed by atoms with Crippen LogP contribution in [0.1, 0.15) is 6.92 Å². The molecule has 0 unspecified atom stereocenters. The molecule has 2 aromatic carbocycles. The summed E-state index contributed by atoms with van der Waals surface area (Å²) in [5.41, 5.74) is 0.855. The van der Waals surface area contributed by atoms with E-state index in [1.165, 1.54) is 25.1 Å². The van der Waals surface area contributed by atoms with Crippen LogP contribution in [0.25, 0.3) is 0 Å². The molecule has 1 atom stereocenters. The van der Waals surface area contributed by atoms with Crippen molar-refractivity contribution in [3.63, 3.8) is 0 Å². The van der Waals surface area contributed by atoms with Gasteiger partial charge in [-0.25, -0.2) is 12.8 Å². The largest absolute Gasteiger partial charge is 0.373 e.